The maximum absolute atomic E-state index is 12.1. The largest absolute Gasteiger partial charge is 0.347 e. The summed E-state index contributed by atoms with van der Waals surface area (Å²) in [5.41, 5.74) is 1.39. The van der Waals surface area contributed by atoms with E-state index >= 15 is 0 Å². The first-order chi connectivity index (χ1) is 9.35. The number of hydrogen-bond donors (Lipinski definition) is 1. The molecule has 2 amide bonds. The Morgan fingerprint density at radius 1 is 1.35 bits per heavy atom. The molecule has 1 aromatic carbocycles. The van der Waals surface area contributed by atoms with Gasteiger partial charge in [0.2, 0.25) is 5.91 Å². The third kappa shape index (κ3) is 3.83. The van der Waals surface area contributed by atoms with Gasteiger partial charge in [0.25, 0.3) is 5.91 Å². The van der Waals surface area contributed by atoms with Gasteiger partial charge in [0.05, 0.1) is 0 Å². The van der Waals surface area contributed by atoms with Gasteiger partial charge in [-0.2, -0.15) is 0 Å². The number of benzene rings is 1. The van der Waals surface area contributed by atoms with Gasteiger partial charge >= 0.3 is 0 Å². The average Bonchev–Trinajstić information content (AvgIpc) is 2.73. The SMILES string of the molecule is CC(C)(C)NC(=O)c1cccc(CN2CCCC2=O)c1. The standard InChI is InChI=1S/C16H22N2O2/c1-16(2,3)17-15(20)13-7-4-6-12(10-13)11-18-9-5-8-14(18)19/h4,6-7,10H,5,8-9,11H2,1-3H3,(H,17,20). The molecule has 1 aliphatic rings. The van der Waals surface area contributed by atoms with Crippen LogP contribution in [-0.4, -0.2) is 28.8 Å². The number of nitrogens with zero attached hydrogens (tertiary/aromatic N) is 1. The molecule has 1 aromatic rings. The highest BCUT2D eigenvalue weighted by molar-refractivity contribution is 5.94. The Morgan fingerprint density at radius 3 is 2.70 bits per heavy atom. The van der Waals surface area contributed by atoms with E-state index in [0.29, 0.717) is 18.5 Å². The van der Waals surface area contributed by atoms with E-state index in [2.05, 4.69) is 5.32 Å². The molecular formula is C16H22N2O2. The summed E-state index contributed by atoms with van der Waals surface area (Å²) in [6.07, 6.45) is 1.58. The summed E-state index contributed by atoms with van der Waals surface area (Å²) >= 11 is 0. The lowest BCUT2D eigenvalue weighted by Crippen LogP contribution is -2.40. The molecule has 1 saturated heterocycles. The molecule has 2 rings (SSSR count). The predicted octanol–water partition coefficient (Wildman–Crippen LogP) is 2.34. The molecule has 0 saturated carbocycles. The van der Waals surface area contributed by atoms with Crippen LogP contribution in [0.15, 0.2) is 24.3 Å². The van der Waals surface area contributed by atoms with Crippen LogP contribution >= 0.6 is 0 Å². The van der Waals surface area contributed by atoms with Crippen molar-refractivity contribution >= 4 is 11.8 Å². The lowest BCUT2D eigenvalue weighted by Gasteiger charge is -2.21. The van der Waals surface area contributed by atoms with Crippen LogP contribution in [0.2, 0.25) is 0 Å². The molecule has 108 valence electrons. The zero-order chi connectivity index (χ0) is 14.8. The Bertz CT molecular complexity index is 517. The quantitative estimate of drug-likeness (QED) is 0.919. The zero-order valence-corrected chi connectivity index (χ0v) is 12.4. The highest BCUT2D eigenvalue weighted by atomic mass is 16.2. The van der Waals surface area contributed by atoms with Crippen molar-refractivity contribution in [2.24, 2.45) is 0 Å². The minimum Gasteiger partial charge on any atom is -0.347 e. The first-order valence-corrected chi connectivity index (χ1v) is 7.04. The minimum atomic E-state index is -0.252. The molecule has 1 N–H and O–H groups in total. The lowest BCUT2D eigenvalue weighted by molar-refractivity contribution is -0.128. The third-order valence-corrected chi connectivity index (χ3v) is 3.22. The maximum atomic E-state index is 12.1. The van der Waals surface area contributed by atoms with E-state index in [4.69, 9.17) is 0 Å². The summed E-state index contributed by atoms with van der Waals surface area (Å²) in [4.78, 5) is 25.6. The van der Waals surface area contributed by atoms with E-state index in [9.17, 15) is 9.59 Å². The first kappa shape index (κ1) is 14.6. The summed E-state index contributed by atoms with van der Waals surface area (Å²) in [5.74, 6) is 0.127. The summed E-state index contributed by atoms with van der Waals surface area (Å²) in [5, 5.41) is 2.95. The van der Waals surface area contributed by atoms with Crippen molar-refractivity contribution < 1.29 is 9.59 Å². The Hall–Kier alpha value is -1.84. The van der Waals surface area contributed by atoms with E-state index in [1.807, 2.05) is 43.9 Å². The number of nitrogens with one attached hydrogen (secondary N) is 1. The number of hydrogen-bond acceptors (Lipinski definition) is 2. The second-order valence-corrected chi connectivity index (χ2v) is 6.32. The van der Waals surface area contributed by atoms with Gasteiger partial charge in [-0.05, 0) is 44.9 Å². The van der Waals surface area contributed by atoms with Crippen molar-refractivity contribution in [2.75, 3.05) is 6.54 Å². The molecule has 4 nitrogen and oxygen atoms in total. The van der Waals surface area contributed by atoms with Crippen LogP contribution in [0.25, 0.3) is 0 Å². The van der Waals surface area contributed by atoms with Gasteiger partial charge in [0.15, 0.2) is 0 Å². The summed E-state index contributed by atoms with van der Waals surface area (Å²) < 4.78 is 0. The Kier molecular flexibility index (Phi) is 4.12. The molecule has 0 aromatic heterocycles. The predicted molar refractivity (Wildman–Crippen MR) is 78.3 cm³/mol. The number of likely N-dealkylation sites (tertiary alicyclic amines) is 1. The lowest BCUT2D eigenvalue weighted by atomic mass is 10.1. The van der Waals surface area contributed by atoms with Crippen LogP contribution in [-0.2, 0) is 11.3 Å². The van der Waals surface area contributed by atoms with Crippen LogP contribution < -0.4 is 5.32 Å². The number of amides is 2. The van der Waals surface area contributed by atoms with Crippen molar-refractivity contribution in [2.45, 2.75) is 45.7 Å². The molecule has 0 spiro atoms. The fraction of sp³-hybridized carbons (Fsp3) is 0.500. The van der Waals surface area contributed by atoms with Crippen molar-refractivity contribution in [1.82, 2.24) is 10.2 Å². The second kappa shape index (κ2) is 5.65. The molecule has 20 heavy (non-hydrogen) atoms. The van der Waals surface area contributed by atoms with E-state index in [1.54, 1.807) is 6.07 Å². The van der Waals surface area contributed by atoms with Crippen molar-refractivity contribution in [1.29, 1.82) is 0 Å². The smallest absolute Gasteiger partial charge is 0.251 e. The normalized spacial score (nSPS) is 15.6. The van der Waals surface area contributed by atoms with Gasteiger partial charge in [-0.1, -0.05) is 12.1 Å². The van der Waals surface area contributed by atoms with Crippen LogP contribution in [0.4, 0.5) is 0 Å². The monoisotopic (exact) mass is 274 g/mol. The van der Waals surface area contributed by atoms with Crippen LogP contribution in [0.5, 0.6) is 0 Å². The topological polar surface area (TPSA) is 49.4 Å². The van der Waals surface area contributed by atoms with E-state index in [-0.39, 0.29) is 17.4 Å². The number of carbonyl (C=O) groups is 2. The summed E-state index contributed by atoms with van der Waals surface area (Å²) in [6, 6.07) is 7.50. The van der Waals surface area contributed by atoms with Gasteiger partial charge in [0, 0.05) is 30.6 Å². The minimum absolute atomic E-state index is 0.0768. The summed E-state index contributed by atoms with van der Waals surface area (Å²) in [7, 11) is 0. The third-order valence-electron chi connectivity index (χ3n) is 3.22. The van der Waals surface area contributed by atoms with Crippen molar-refractivity contribution in [3.63, 3.8) is 0 Å². The fourth-order valence-corrected chi connectivity index (χ4v) is 2.32. The molecular weight excluding hydrogens is 252 g/mol. The molecule has 1 aliphatic heterocycles. The summed E-state index contributed by atoms with van der Waals surface area (Å²) in [6.45, 7) is 7.28. The molecule has 0 atom stereocenters. The van der Waals surface area contributed by atoms with Gasteiger partial charge in [-0.25, -0.2) is 0 Å². The molecule has 4 heteroatoms. The Balaban J connectivity index is 2.07. The Morgan fingerprint density at radius 2 is 2.10 bits per heavy atom. The van der Waals surface area contributed by atoms with Crippen LogP contribution in [0.3, 0.4) is 0 Å². The van der Waals surface area contributed by atoms with Gasteiger partial charge in [0.1, 0.15) is 0 Å². The molecule has 0 bridgehead atoms. The molecule has 0 radical (unpaired) electrons. The molecule has 0 aliphatic carbocycles. The maximum Gasteiger partial charge on any atom is 0.251 e. The van der Waals surface area contributed by atoms with Crippen molar-refractivity contribution in [3.8, 4) is 0 Å². The van der Waals surface area contributed by atoms with Crippen molar-refractivity contribution in [3.05, 3.63) is 35.4 Å². The first-order valence-electron chi connectivity index (χ1n) is 7.04. The van der Waals surface area contributed by atoms with Crippen LogP contribution in [0.1, 0.15) is 49.5 Å². The molecule has 1 heterocycles. The number of carbonyl (C=O) groups excluding carboxylic acids is 2. The van der Waals surface area contributed by atoms with Gasteiger partial charge in [-0.15, -0.1) is 0 Å². The van der Waals surface area contributed by atoms with E-state index in [0.717, 1.165) is 18.5 Å². The van der Waals surface area contributed by atoms with E-state index < -0.39 is 0 Å². The molecule has 1 fully saturated rings. The zero-order valence-electron chi connectivity index (χ0n) is 12.4. The van der Waals surface area contributed by atoms with Gasteiger partial charge < -0.3 is 10.2 Å². The fourth-order valence-electron chi connectivity index (χ4n) is 2.32. The van der Waals surface area contributed by atoms with Gasteiger partial charge in [-0.3, -0.25) is 9.59 Å². The highest BCUT2D eigenvalue weighted by Crippen LogP contribution is 2.15. The number of rotatable bonds is 3. The average molecular weight is 274 g/mol. The van der Waals surface area contributed by atoms with E-state index in [1.165, 1.54) is 0 Å². The second-order valence-electron chi connectivity index (χ2n) is 6.32. The highest BCUT2D eigenvalue weighted by Gasteiger charge is 2.20. The Labute approximate surface area is 120 Å². The molecule has 0 unspecified atom stereocenters. The van der Waals surface area contributed by atoms with Crippen LogP contribution in [0, 0.1) is 0 Å².